The van der Waals surface area contributed by atoms with E-state index in [1.807, 2.05) is 11.3 Å². The fourth-order valence-electron chi connectivity index (χ4n) is 2.96. The lowest BCUT2D eigenvalue weighted by molar-refractivity contribution is 0.100. The third kappa shape index (κ3) is 3.83. The lowest BCUT2D eigenvalue weighted by Crippen LogP contribution is -2.53. The van der Waals surface area contributed by atoms with Gasteiger partial charge < -0.3 is 15.0 Å². The van der Waals surface area contributed by atoms with Crippen molar-refractivity contribution in [1.82, 2.24) is 15.2 Å². The summed E-state index contributed by atoms with van der Waals surface area (Å²) in [6.45, 7) is 12.7. The number of methoxy groups -OCH3 is 1. The van der Waals surface area contributed by atoms with E-state index in [0.29, 0.717) is 6.04 Å². The Bertz CT molecular complexity index is 431. The van der Waals surface area contributed by atoms with Crippen molar-refractivity contribution in [2.45, 2.75) is 52.1 Å². The van der Waals surface area contributed by atoms with E-state index in [1.165, 1.54) is 15.6 Å². The third-order valence-corrected chi connectivity index (χ3v) is 5.87. The van der Waals surface area contributed by atoms with Crippen molar-refractivity contribution in [3.8, 4) is 0 Å². The number of hydrogen-bond acceptors (Lipinski definition) is 5. The number of hydrogen-bond donors (Lipinski definition) is 1. The highest BCUT2D eigenvalue weighted by Crippen LogP contribution is 2.36. The highest BCUT2D eigenvalue weighted by atomic mass is 32.1. The Hall–Kier alpha value is -0.490. The van der Waals surface area contributed by atoms with E-state index < -0.39 is 0 Å². The summed E-state index contributed by atoms with van der Waals surface area (Å²) in [7, 11) is 1.76. The first-order chi connectivity index (χ1) is 9.98. The van der Waals surface area contributed by atoms with Crippen LogP contribution < -0.4 is 5.32 Å². The smallest absolute Gasteiger partial charge is 0.113 e. The van der Waals surface area contributed by atoms with Gasteiger partial charge in [-0.3, -0.25) is 0 Å². The molecule has 0 atom stereocenters. The maximum atomic E-state index is 5.21. The summed E-state index contributed by atoms with van der Waals surface area (Å²) in [4.78, 5) is 8.75. The molecule has 0 aromatic carbocycles. The minimum atomic E-state index is 0.0353. The SMILES string of the molecule is COCCNC1(c2nc(C)c(C)s2)CCN(C(C)C)CC1. The van der Waals surface area contributed by atoms with E-state index in [0.717, 1.165) is 39.1 Å². The van der Waals surface area contributed by atoms with E-state index in [9.17, 15) is 0 Å². The monoisotopic (exact) mass is 311 g/mol. The first-order valence-electron chi connectivity index (χ1n) is 7.91. The van der Waals surface area contributed by atoms with Gasteiger partial charge >= 0.3 is 0 Å². The number of nitrogens with one attached hydrogen (secondary N) is 1. The minimum absolute atomic E-state index is 0.0353. The molecule has 0 saturated carbocycles. The Kier molecular flexibility index (Phi) is 5.77. The highest BCUT2D eigenvalue weighted by Gasteiger charge is 2.38. The Morgan fingerprint density at radius 1 is 1.33 bits per heavy atom. The Balaban J connectivity index is 2.16. The Labute approximate surface area is 132 Å². The predicted octanol–water partition coefficient (Wildman–Crippen LogP) is 2.70. The molecular weight excluding hydrogens is 282 g/mol. The van der Waals surface area contributed by atoms with Gasteiger partial charge in [0, 0.05) is 37.7 Å². The average molecular weight is 311 g/mol. The van der Waals surface area contributed by atoms with Gasteiger partial charge in [-0.15, -0.1) is 11.3 Å². The van der Waals surface area contributed by atoms with Crippen molar-refractivity contribution in [2.24, 2.45) is 0 Å². The van der Waals surface area contributed by atoms with Gasteiger partial charge in [-0.2, -0.15) is 0 Å². The number of piperidine rings is 1. The fraction of sp³-hybridized carbons (Fsp3) is 0.812. The van der Waals surface area contributed by atoms with Crippen LogP contribution >= 0.6 is 11.3 Å². The second-order valence-corrected chi connectivity index (χ2v) is 7.50. The fourth-order valence-corrected chi connectivity index (χ4v) is 4.10. The van der Waals surface area contributed by atoms with Crippen LogP contribution in [0.1, 0.15) is 42.3 Å². The molecule has 0 aliphatic carbocycles. The summed E-state index contributed by atoms with van der Waals surface area (Å²) in [6, 6.07) is 0.627. The topological polar surface area (TPSA) is 37.4 Å². The first kappa shape index (κ1) is 16.9. The number of likely N-dealkylation sites (tertiary alicyclic amines) is 1. The van der Waals surface area contributed by atoms with Gasteiger partial charge in [0.15, 0.2) is 0 Å². The molecule has 1 saturated heterocycles. The van der Waals surface area contributed by atoms with Crippen molar-refractivity contribution < 1.29 is 4.74 Å². The summed E-state index contributed by atoms with van der Waals surface area (Å²) < 4.78 is 5.21. The van der Waals surface area contributed by atoms with Crippen LogP contribution in [0.2, 0.25) is 0 Å². The van der Waals surface area contributed by atoms with Crippen molar-refractivity contribution in [2.75, 3.05) is 33.4 Å². The van der Waals surface area contributed by atoms with Crippen LogP contribution in [-0.4, -0.2) is 49.3 Å². The van der Waals surface area contributed by atoms with Crippen molar-refractivity contribution in [1.29, 1.82) is 0 Å². The summed E-state index contributed by atoms with van der Waals surface area (Å²) >= 11 is 1.85. The molecule has 1 aromatic rings. The van der Waals surface area contributed by atoms with Crippen LogP contribution in [0.3, 0.4) is 0 Å². The van der Waals surface area contributed by atoms with Crippen LogP contribution in [0.15, 0.2) is 0 Å². The van der Waals surface area contributed by atoms with Gasteiger partial charge in [0.25, 0.3) is 0 Å². The van der Waals surface area contributed by atoms with E-state index in [-0.39, 0.29) is 5.54 Å². The van der Waals surface area contributed by atoms with Gasteiger partial charge in [-0.25, -0.2) is 4.98 Å². The molecule has 0 spiro atoms. The van der Waals surface area contributed by atoms with Crippen LogP contribution in [0.5, 0.6) is 0 Å². The van der Waals surface area contributed by atoms with E-state index in [4.69, 9.17) is 9.72 Å². The lowest BCUT2D eigenvalue weighted by Gasteiger charge is -2.42. The standard InChI is InChI=1S/C16H29N3OS/c1-12(2)19-9-6-16(7-10-19,17-8-11-20-5)15-18-13(3)14(4)21-15/h12,17H,6-11H2,1-5H3. The number of aromatic nitrogens is 1. The summed E-state index contributed by atoms with van der Waals surface area (Å²) in [5.41, 5.74) is 1.21. The van der Waals surface area contributed by atoms with Crippen LogP contribution in [-0.2, 0) is 10.3 Å². The summed E-state index contributed by atoms with van der Waals surface area (Å²) in [5.74, 6) is 0. The Morgan fingerprint density at radius 2 is 2.00 bits per heavy atom. The molecule has 4 nitrogen and oxygen atoms in total. The van der Waals surface area contributed by atoms with E-state index in [1.54, 1.807) is 7.11 Å². The van der Waals surface area contributed by atoms with Gasteiger partial charge in [-0.1, -0.05) is 0 Å². The highest BCUT2D eigenvalue weighted by molar-refractivity contribution is 7.11. The quantitative estimate of drug-likeness (QED) is 0.820. The van der Waals surface area contributed by atoms with Crippen molar-refractivity contribution in [3.63, 3.8) is 0 Å². The molecule has 1 aliphatic heterocycles. The summed E-state index contributed by atoms with van der Waals surface area (Å²) in [6.07, 6.45) is 2.25. The molecule has 2 heterocycles. The Morgan fingerprint density at radius 3 is 2.48 bits per heavy atom. The van der Waals surface area contributed by atoms with Crippen LogP contribution in [0.4, 0.5) is 0 Å². The second-order valence-electron chi connectivity index (χ2n) is 6.29. The molecule has 0 bridgehead atoms. The molecular formula is C16H29N3OS. The maximum absolute atomic E-state index is 5.21. The number of ether oxygens (including phenoxy) is 1. The molecule has 120 valence electrons. The third-order valence-electron chi connectivity index (χ3n) is 4.59. The molecule has 5 heteroatoms. The van der Waals surface area contributed by atoms with Gasteiger partial charge in [-0.05, 0) is 40.5 Å². The summed E-state index contributed by atoms with van der Waals surface area (Å²) in [5, 5.41) is 5.01. The normalized spacial score (nSPS) is 19.3. The molecule has 21 heavy (non-hydrogen) atoms. The predicted molar refractivity (Wildman–Crippen MR) is 89.1 cm³/mol. The number of aryl methyl sites for hydroxylation is 2. The largest absolute Gasteiger partial charge is 0.383 e. The molecule has 2 rings (SSSR count). The molecule has 0 amide bonds. The van der Waals surface area contributed by atoms with Crippen molar-refractivity contribution >= 4 is 11.3 Å². The van der Waals surface area contributed by atoms with Gasteiger partial charge in [0.05, 0.1) is 17.8 Å². The molecule has 1 aliphatic rings. The molecule has 1 aromatic heterocycles. The zero-order chi connectivity index (χ0) is 15.5. The zero-order valence-electron chi connectivity index (χ0n) is 14.0. The van der Waals surface area contributed by atoms with Gasteiger partial charge in [0.2, 0.25) is 0 Å². The van der Waals surface area contributed by atoms with Gasteiger partial charge in [0.1, 0.15) is 5.01 Å². The molecule has 0 radical (unpaired) electrons. The minimum Gasteiger partial charge on any atom is -0.383 e. The average Bonchev–Trinajstić information content (AvgIpc) is 2.80. The molecule has 1 fully saturated rings. The zero-order valence-corrected chi connectivity index (χ0v) is 14.8. The van der Waals surface area contributed by atoms with Crippen LogP contribution in [0.25, 0.3) is 0 Å². The van der Waals surface area contributed by atoms with E-state index in [2.05, 4.69) is 37.9 Å². The van der Waals surface area contributed by atoms with Crippen LogP contribution in [0, 0.1) is 13.8 Å². The maximum Gasteiger partial charge on any atom is 0.113 e. The molecule has 0 unspecified atom stereocenters. The number of nitrogens with zero attached hydrogens (tertiary/aromatic N) is 2. The second kappa shape index (κ2) is 7.18. The number of rotatable bonds is 6. The van der Waals surface area contributed by atoms with E-state index >= 15 is 0 Å². The van der Waals surface area contributed by atoms with Crippen molar-refractivity contribution in [3.05, 3.63) is 15.6 Å². The molecule has 1 N–H and O–H groups in total. The number of thiazole rings is 1. The lowest BCUT2D eigenvalue weighted by atomic mass is 9.87. The first-order valence-corrected chi connectivity index (χ1v) is 8.72.